The van der Waals surface area contributed by atoms with Gasteiger partial charge in [-0.2, -0.15) is 0 Å². The van der Waals surface area contributed by atoms with Crippen molar-refractivity contribution >= 4 is 29.1 Å². The number of carbonyl (C=O) groups is 3. The maximum atomic E-state index is 12.9. The Bertz CT molecular complexity index is 1150. The molecule has 0 spiro atoms. The van der Waals surface area contributed by atoms with Crippen molar-refractivity contribution in [3.8, 4) is 21.8 Å². The van der Waals surface area contributed by atoms with Crippen LogP contribution >= 0.6 is 11.3 Å². The molecule has 3 aromatic rings. The molecule has 0 unspecified atom stereocenters. The summed E-state index contributed by atoms with van der Waals surface area (Å²) in [5.74, 6) is -0.846. The molecule has 0 aliphatic carbocycles. The summed E-state index contributed by atoms with van der Waals surface area (Å²) in [6.45, 7) is 0.357. The number of hydrogen-bond donors (Lipinski definition) is 1. The second-order valence-corrected chi connectivity index (χ2v) is 8.25. The zero-order valence-electron chi connectivity index (χ0n) is 15.7. The summed E-state index contributed by atoms with van der Waals surface area (Å²) in [7, 11) is 1.97. The number of carbonyl (C=O) groups excluding carboxylic acids is 3. The second-order valence-electron chi connectivity index (χ2n) is 7.30. The summed E-state index contributed by atoms with van der Waals surface area (Å²) in [4.78, 5) is 43.8. The summed E-state index contributed by atoms with van der Waals surface area (Å²) in [6, 6.07) is 9.17. The van der Waals surface area contributed by atoms with E-state index in [0.29, 0.717) is 18.5 Å². The van der Waals surface area contributed by atoms with Crippen molar-refractivity contribution in [3.63, 3.8) is 0 Å². The molecule has 7 nitrogen and oxygen atoms in total. The summed E-state index contributed by atoms with van der Waals surface area (Å²) in [5.41, 5.74) is 4.31. The molecule has 1 saturated heterocycles. The predicted molar refractivity (Wildman–Crippen MR) is 108 cm³/mol. The van der Waals surface area contributed by atoms with Gasteiger partial charge in [0.05, 0.1) is 22.6 Å². The minimum absolute atomic E-state index is 0.166. The molecular weight excluding hydrogens is 388 g/mol. The largest absolute Gasteiger partial charge is 0.333 e. The predicted octanol–water partition coefficient (Wildman–Crippen LogP) is 2.58. The molecule has 1 N–H and O–H groups in total. The van der Waals surface area contributed by atoms with Crippen molar-refractivity contribution in [2.24, 2.45) is 7.05 Å². The lowest BCUT2D eigenvalue weighted by Gasteiger charge is -2.29. The van der Waals surface area contributed by atoms with Crippen molar-refractivity contribution < 1.29 is 14.4 Å². The Kier molecular flexibility index (Phi) is 4.09. The highest BCUT2D eigenvalue weighted by Crippen LogP contribution is 2.36. The summed E-state index contributed by atoms with van der Waals surface area (Å²) >= 11 is 1.65. The fraction of sp³-hybridized carbons (Fsp3) is 0.238. The van der Waals surface area contributed by atoms with Crippen LogP contribution in [0.2, 0.25) is 0 Å². The van der Waals surface area contributed by atoms with Crippen molar-refractivity contribution in [2.75, 3.05) is 0 Å². The van der Waals surface area contributed by atoms with Gasteiger partial charge in [-0.1, -0.05) is 12.1 Å². The number of imide groups is 1. The number of hydrogen-bond acceptors (Lipinski definition) is 5. The lowest BCUT2D eigenvalue weighted by molar-refractivity contribution is -0.136. The molecule has 0 radical (unpaired) electrons. The highest BCUT2D eigenvalue weighted by molar-refractivity contribution is 7.13. The fourth-order valence-electron chi connectivity index (χ4n) is 4.07. The number of amides is 3. The standard InChI is InChI=1S/C21H18N4O3S/c1-24-11-22-18(19(24)16-3-2-8-29-16)12-4-5-14-13(9-12)10-25(21(14)28)15-6-7-17(26)23-20(15)27/h2-5,8-9,11,15H,6-7,10H2,1H3,(H,23,26,27)/t15-/m0/s1. The van der Waals surface area contributed by atoms with Gasteiger partial charge < -0.3 is 9.47 Å². The third-order valence-electron chi connectivity index (χ3n) is 5.49. The van der Waals surface area contributed by atoms with E-state index in [1.54, 1.807) is 22.6 Å². The smallest absolute Gasteiger partial charge is 0.255 e. The number of nitrogens with zero attached hydrogens (tertiary/aromatic N) is 3. The van der Waals surface area contributed by atoms with Crippen molar-refractivity contribution in [3.05, 3.63) is 53.2 Å². The number of nitrogens with one attached hydrogen (secondary N) is 1. The molecule has 0 saturated carbocycles. The maximum Gasteiger partial charge on any atom is 0.255 e. The van der Waals surface area contributed by atoms with Crippen molar-refractivity contribution in [1.82, 2.24) is 19.8 Å². The van der Waals surface area contributed by atoms with E-state index in [0.717, 1.165) is 27.4 Å². The molecule has 3 amide bonds. The van der Waals surface area contributed by atoms with Gasteiger partial charge in [0.2, 0.25) is 11.8 Å². The van der Waals surface area contributed by atoms with Crippen LogP contribution in [-0.2, 0) is 23.2 Å². The molecule has 4 heterocycles. The van der Waals surface area contributed by atoms with E-state index in [1.165, 1.54) is 0 Å². The molecule has 29 heavy (non-hydrogen) atoms. The van der Waals surface area contributed by atoms with E-state index in [9.17, 15) is 14.4 Å². The molecule has 2 aliphatic heterocycles. The average molecular weight is 406 g/mol. The summed E-state index contributed by atoms with van der Waals surface area (Å²) in [5, 5.41) is 4.37. The van der Waals surface area contributed by atoms with Gasteiger partial charge in [0.15, 0.2) is 0 Å². The molecule has 146 valence electrons. The first-order valence-corrected chi connectivity index (χ1v) is 10.2. The van der Waals surface area contributed by atoms with E-state index in [1.807, 2.05) is 41.3 Å². The van der Waals surface area contributed by atoms with Crippen LogP contribution in [0, 0.1) is 0 Å². The highest BCUT2D eigenvalue weighted by Gasteiger charge is 2.39. The SMILES string of the molecule is Cn1cnc(-c2ccc3c(c2)CN([C@H]2CCC(=O)NC2=O)C3=O)c1-c1cccs1. The van der Waals surface area contributed by atoms with Crippen molar-refractivity contribution in [2.45, 2.75) is 25.4 Å². The number of aromatic nitrogens is 2. The van der Waals surface area contributed by atoms with Crippen LogP contribution in [0.25, 0.3) is 21.8 Å². The summed E-state index contributed by atoms with van der Waals surface area (Å²) < 4.78 is 2.00. The van der Waals surface area contributed by atoms with Gasteiger partial charge in [0, 0.05) is 31.1 Å². The number of benzene rings is 1. The number of fused-ring (bicyclic) bond motifs is 1. The van der Waals surface area contributed by atoms with Gasteiger partial charge in [-0.15, -0.1) is 11.3 Å². The van der Waals surface area contributed by atoms with Crippen LogP contribution in [0.5, 0.6) is 0 Å². The van der Waals surface area contributed by atoms with Crippen LogP contribution in [-0.4, -0.2) is 38.2 Å². The van der Waals surface area contributed by atoms with Gasteiger partial charge in [0.25, 0.3) is 5.91 Å². The van der Waals surface area contributed by atoms with E-state index >= 15 is 0 Å². The third kappa shape index (κ3) is 2.87. The normalized spacial score (nSPS) is 18.9. The van der Waals surface area contributed by atoms with Gasteiger partial charge in [-0.05, 0) is 35.6 Å². The van der Waals surface area contributed by atoms with Crippen LogP contribution in [0.1, 0.15) is 28.8 Å². The average Bonchev–Trinajstić information content (AvgIpc) is 3.41. The lowest BCUT2D eigenvalue weighted by atomic mass is 10.0. The van der Waals surface area contributed by atoms with Crippen molar-refractivity contribution in [1.29, 1.82) is 0 Å². The van der Waals surface area contributed by atoms with Gasteiger partial charge in [-0.25, -0.2) is 4.98 Å². The topological polar surface area (TPSA) is 84.3 Å². The quantitative estimate of drug-likeness (QED) is 0.678. The lowest BCUT2D eigenvalue weighted by Crippen LogP contribution is -2.52. The second kappa shape index (κ2) is 6.66. The highest BCUT2D eigenvalue weighted by atomic mass is 32.1. The molecule has 2 aliphatic rings. The number of aryl methyl sites for hydroxylation is 1. The Labute approximate surface area is 171 Å². The number of imidazole rings is 1. The van der Waals surface area contributed by atoms with Crippen LogP contribution in [0.4, 0.5) is 0 Å². The van der Waals surface area contributed by atoms with Gasteiger partial charge in [0.1, 0.15) is 6.04 Å². The number of rotatable bonds is 3. The number of thiophene rings is 1. The Morgan fingerprint density at radius 1 is 1.21 bits per heavy atom. The molecule has 1 fully saturated rings. The first kappa shape index (κ1) is 17.8. The first-order valence-electron chi connectivity index (χ1n) is 9.36. The first-order chi connectivity index (χ1) is 14.0. The van der Waals surface area contributed by atoms with Crippen LogP contribution < -0.4 is 5.32 Å². The Morgan fingerprint density at radius 3 is 2.83 bits per heavy atom. The Balaban J connectivity index is 1.49. The minimum Gasteiger partial charge on any atom is -0.333 e. The molecule has 1 aromatic carbocycles. The third-order valence-corrected chi connectivity index (χ3v) is 6.37. The zero-order chi connectivity index (χ0) is 20.1. The molecule has 5 rings (SSSR count). The zero-order valence-corrected chi connectivity index (χ0v) is 16.5. The van der Waals surface area contributed by atoms with E-state index in [4.69, 9.17) is 0 Å². The monoisotopic (exact) mass is 406 g/mol. The molecule has 8 heteroatoms. The fourth-order valence-corrected chi connectivity index (χ4v) is 4.88. The molecule has 2 aromatic heterocycles. The van der Waals surface area contributed by atoms with Crippen LogP contribution in [0.3, 0.4) is 0 Å². The van der Waals surface area contributed by atoms with E-state index < -0.39 is 11.9 Å². The van der Waals surface area contributed by atoms with Crippen LogP contribution in [0.15, 0.2) is 42.0 Å². The summed E-state index contributed by atoms with van der Waals surface area (Å²) in [6.07, 6.45) is 2.40. The van der Waals surface area contributed by atoms with Gasteiger partial charge in [-0.3, -0.25) is 19.7 Å². The minimum atomic E-state index is -0.604. The van der Waals surface area contributed by atoms with Gasteiger partial charge >= 0.3 is 0 Å². The van der Waals surface area contributed by atoms with E-state index in [-0.39, 0.29) is 18.2 Å². The number of piperidine rings is 1. The molecular formula is C21H18N4O3S. The molecule has 1 atom stereocenters. The van der Waals surface area contributed by atoms with E-state index in [2.05, 4.69) is 16.4 Å². The maximum absolute atomic E-state index is 12.9. The Morgan fingerprint density at radius 2 is 2.07 bits per heavy atom. The Hall–Kier alpha value is -3.26. The molecule has 0 bridgehead atoms.